The zero-order valence-electron chi connectivity index (χ0n) is 9.14. The molecule has 0 aliphatic heterocycles. The van der Waals surface area contributed by atoms with Crippen LogP contribution in [0.1, 0.15) is 38.5 Å². The van der Waals surface area contributed by atoms with Crippen molar-refractivity contribution in [2.75, 3.05) is 12.3 Å². The van der Waals surface area contributed by atoms with E-state index in [9.17, 15) is 9.46 Å². The lowest BCUT2D eigenvalue weighted by Gasteiger charge is -2.24. The Morgan fingerprint density at radius 3 is 2.47 bits per heavy atom. The van der Waals surface area contributed by atoms with Gasteiger partial charge in [0.15, 0.2) is 0 Å². The second kappa shape index (κ2) is 6.00. The van der Waals surface area contributed by atoms with Crippen molar-refractivity contribution < 1.29 is 14.6 Å². The Bertz CT molecular complexity index is 227. The van der Waals surface area contributed by atoms with E-state index >= 15 is 0 Å². The molecule has 1 saturated carbocycles. The zero-order valence-corrected chi connectivity index (χ0v) is 10.0. The van der Waals surface area contributed by atoms with Crippen molar-refractivity contribution in [2.24, 2.45) is 11.7 Å². The highest BCUT2D eigenvalue weighted by atomic mass is 31.2. The third kappa shape index (κ3) is 5.67. The molecule has 1 fully saturated rings. The number of rotatable bonds is 5. The fourth-order valence-electron chi connectivity index (χ4n) is 2.20. The highest BCUT2D eigenvalue weighted by Gasteiger charge is 2.25. The molecule has 0 amide bonds. The molecule has 2 unspecified atom stereocenters. The summed E-state index contributed by atoms with van der Waals surface area (Å²) in [7, 11) is -3.05. The molecule has 4 N–H and O–H groups in total. The summed E-state index contributed by atoms with van der Waals surface area (Å²) in [5, 5.41) is 8.87. The van der Waals surface area contributed by atoms with E-state index in [1.54, 1.807) is 0 Å². The molecule has 5 heteroatoms. The standard InChI is InChI=1S/C10H22NO3P/c11-10(12)6-7-15(13,14)8-9-4-2-1-3-5-9/h9-10,12H,1-8,11H2,(H,13,14). The molecule has 15 heavy (non-hydrogen) atoms. The van der Waals surface area contributed by atoms with Crippen LogP contribution in [-0.2, 0) is 4.57 Å². The van der Waals surface area contributed by atoms with Crippen molar-refractivity contribution in [1.29, 1.82) is 0 Å². The molecule has 1 aliphatic carbocycles. The van der Waals surface area contributed by atoms with Crippen molar-refractivity contribution in [2.45, 2.75) is 44.8 Å². The van der Waals surface area contributed by atoms with Gasteiger partial charge in [-0.1, -0.05) is 19.3 Å². The Kier molecular flexibility index (Phi) is 5.27. The molecule has 1 aliphatic rings. The highest BCUT2D eigenvalue weighted by molar-refractivity contribution is 7.57. The van der Waals surface area contributed by atoms with Crippen LogP contribution in [-0.4, -0.2) is 28.6 Å². The van der Waals surface area contributed by atoms with Crippen molar-refractivity contribution in [3.63, 3.8) is 0 Å². The van der Waals surface area contributed by atoms with E-state index < -0.39 is 13.6 Å². The molecule has 0 spiro atoms. The third-order valence-corrected chi connectivity index (χ3v) is 5.09. The molecule has 0 aromatic rings. The summed E-state index contributed by atoms with van der Waals surface area (Å²) in [5.41, 5.74) is 5.16. The lowest BCUT2D eigenvalue weighted by Crippen LogP contribution is -2.21. The summed E-state index contributed by atoms with van der Waals surface area (Å²) in [6.45, 7) is 0. The topological polar surface area (TPSA) is 83.5 Å². The Morgan fingerprint density at radius 2 is 1.93 bits per heavy atom. The van der Waals surface area contributed by atoms with Crippen LogP contribution in [0.3, 0.4) is 0 Å². The first-order chi connectivity index (χ1) is 6.99. The van der Waals surface area contributed by atoms with Crippen LogP contribution in [0.25, 0.3) is 0 Å². The van der Waals surface area contributed by atoms with Crippen LogP contribution < -0.4 is 5.73 Å². The SMILES string of the molecule is NC(O)CCP(=O)(O)CC1CCCCC1. The molecule has 0 saturated heterocycles. The summed E-state index contributed by atoms with van der Waals surface area (Å²) in [6, 6.07) is 0. The monoisotopic (exact) mass is 235 g/mol. The van der Waals surface area contributed by atoms with Gasteiger partial charge in [-0.15, -0.1) is 0 Å². The summed E-state index contributed by atoms with van der Waals surface area (Å²) >= 11 is 0. The lowest BCUT2D eigenvalue weighted by molar-refractivity contribution is 0.178. The van der Waals surface area contributed by atoms with Gasteiger partial charge in [0.25, 0.3) is 0 Å². The van der Waals surface area contributed by atoms with Gasteiger partial charge in [-0.2, -0.15) is 0 Å². The van der Waals surface area contributed by atoms with Gasteiger partial charge in [0.2, 0.25) is 7.37 Å². The van der Waals surface area contributed by atoms with Crippen molar-refractivity contribution in [1.82, 2.24) is 0 Å². The number of hydrogen-bond donors (Lipinski definition) is 3. The fourth-order valence-corrected chi connectivity index (χ4v) is 4.22. The van der Waals surface area contributed by atoms with E-state index in [0.717, 1.165) is 12.8 Å². The molecule has 0 aromatic heterocycles. The van der Waals surface area contributed by atoms with E-state index in [2.05, 4.69) is 0 Å². The summed E-state index contributed by atoms with van der Waals surface area (Å²) in [6.07, 6.45) is 5.62. The Balaban J connectivity index is 2.30. The van der Waals surface area contributed by atoms with Gasteiger partial charge in [-0.3, -0.25) is 4.57 Å². The summed E-state index contributed by atoms with van der Waals surface area (Å²) < 4.78 is 11.8. The number of nitrogens with two attached hydrogens (primary N) is 1. The number of aliphatic hydroxyl groups is 1. The lowest BCUT2D eigenvalue weighted by atomic mass is 9.91. The van der Waals surface area contributed by atoms with Gasteiger partial charge in [-0.25, -0.2) is 0 Å². The maximum atomic E-state index is 11.8. The molecule has 2 atom stereocenters. The first-order valence-corrected chi connectivity index (χ1v) is 7.77. The van der Waals surface area contributed by atoms with Crippen LogP contribution >= 0.6 is 7.37 Å². The first kappa shape index (κ1) is 13.2. The smallest absolute Gasteiger partial charge is 0.201 e. The van der Waals surface area contributed by atoms with E-state index in [1.165, 1.54) is 19.3 Å². The van der Waals surface area contributed by atoms with E-state index in [1.807, 2.05) is 0 Å². The number of hydrogen-bond acceptors (Lipinski definition) is 3. The van der Waals surface area contributed by atoms with Crippen molar-refractivity contribution in [3.05, 3.63) is 0 Å². The summed E-state index contributed by atoms with van der Waals surface area (Å²) in [5.74, 6) is 0.407. The fraction of sp³-hybridized carbons (Fsp3) is 1.00. The molecule has 0 bridgehead atoms. The predicted octanol–water partition coefficient (Wildman–Crippen LogP) is 1.50. The third-order valence-electron chi connectivity index (χ3n) is 3.04. The first-order valence-electron chi connectivity index (χ1n) is 5.74. The average molecular weight is 235 g/mol. The molecule has 0 aromatic carbocycles. The van der Waals surface area contributed by atoms with Crippen molar-refractivity contribution >= 4 is 7.37 Å². The normalized spacial score (nSPS) is 24.7. The molecular weight excluding hydrogens is 213 g/mol. The number of aliphatic hydroxyl groups excluding tert-OH is 1. The van der Waals surface area contributed by atoms with Gasteiger partial charge in [0.1, 0.15) is 6.23 Å². The van der Waals surface area contributed by atoms with Gasteiger partial charge in [-0.05, 0) is 25.2 Å². The minimum atomic E-state index is -3.05. The van der Waals surface area contributed by atoms with Crippen LogP contribution in [0.2, 0.25) is 0 Å². The van der Waals surface area contributed by atoms with E-state index in [-0.39, 0.29) is 12.6 Å². The minimum absolute atomic E-state index is 0.154. The van der Waals surface area contributed by atoms with Gasteiger partial charge in [0, 0.05) is 12.3 Å². The highest BCUT2D eigenvalue weighted by Crippen LogP contribution is 2.45. The van der Waals surface area contributed by atoms with E-state index in [4.69, 9.17) is 10.8 Å². The molecule has 0 radical (unpaired) electrons. The second-order valence-corrected chi connectivity index (χ2v) is 7.12. The maximum absolute atomic E-state index is 11.8. The van der Waals surface area contributed by atoms with Crippen LogP contribution in [0.15, 0.2) is 0 Å². The van der Waals surface area contributed by atoms with Crippen LogP contribution in [0.4, 0.5) is 0 Å². The van der Waals surface area contributed by atoms with Gasteiger partial charge in [0.05, 0.1) is 0 Å². The molecular formula is C10H22NO3P. The molecule has 1 rings (SSSR count). The molecule has 0 heterocycles. The summed E-state index contributed by atoms with van der Waals surface area (Å²) in [4.78, 5) is 9.70. The Morgan fingerprint density at radius 1 is 1.33 bits per heavy atom. The van der Waals surface area contributed by atoms with E-state index in [0.29, 0.717) is 12.1 Å². The largest absolute Gasteiger partial charge is 0.379 e. The predicted molar refractivity (Wildman–Crippen MR) is 60.9 cm³/mol. The molecule has 4 nitrogen and oxygen atoms in total. The van der Waals surface area contributed by atoms with Gasteiger partial charge < -0.3 is 15.7 Å². The second-order valence-electron chi connectivity index (χ2n) is 4.61. The molecule has 90 valence electrons. The quantitative estimate of drug-likeness (QED) is 0.498. The average Bonchev–Trinajstić information content (AvgIpc) is 2.16. The Labute approximate surface area is 91.3 Å². The maximum Gasteiger partial charge on any atom is 0.201 e. The van der Waals surface area contributed by atoms with Crippen molar-refractivity contribution in [3.8, 4) is 0 Å². The van der Waals surface area contributed by atoms with Crippen LogP contribution in [0, 0.1) is 5.92 Å². The van der Waals surface area contributed by atoms with Gasteiger partial charge >= 0.3 is 0 Å². The minimum Gasteiger partial charge on any atom is -0.379 e. The van der Waals surface area contributed by atoms with Crippen LogP contribution in [0.5, 0.6) is 0 Å². The Hall–Kier alpha value is 0.110. The zero-order chi connectivity index (χ0) is 11.3.